The summed E-state index contributed by atoms with van der Waals surface area (Å²) in [5.41, 5.74) is 3.72. The molecule has 1 amide bonds. The van der Waals surface area contributed by atoms with E-state index < -0.39 is 0 Å². The van der Waals surface area contributed by atoms with Crippen LogP contribution in [-0.4, -0.2) is 25.1 Å². The van der Waals surface area contributed by atoms with Gasteiger partial charge < -0.3 is 14.8 Å². The molecule has 0 bridgehead atoms. The van der Waals surface area contributed by atoms with Crippen LogP contribution in [0.5, 0.6) is 11.5 Å². The van der Waals surface area contributed by atoms with E-state index in [0.29, 0.717) is 24.3 Å². The Kier molecular flexibility index (Phi) is 6.08. The lowest BCUT2D eigenvalue weighted by Crippen LogP contribution is -2.12. The minimum absolute atomic E-state index is 0.0443. The summed E-state index contributed by atoms with van der Waals surface area (Å²) in [7, 11) is 3.21. The van der Waals surface area contributed by atoms with Crippen molar-refractivity contribution in [3.05, 3.63) is 58.4 Å². The minimum Gasteiger partial charge on any atom is -0.493 e. The van der Waals surface area contributed by atoms with Crippen molar-refractivity contribution in [1.29, 1.82) is 0 Å². The summed E-state index contributed by atoms with van der Waals surface area (Å²) in [6.45, 7) is 1.99. The maximum absolute atomic E-state index is 12.3. The van der Waals surface area contributed by atoms with E-state index in [9.17, 15) is 4.79 Å². The number of para-hydroxylation sites is 1. The Balaban J connectivity index is 1.60. The molecule has 0 saturated carbocycles. The van der Waals surface area contributed by atoms with E-state index in [4.69, 9.17) is 9.47 Å². The molecule has 3 rings (SSSR count). The first-order valence-electron chi connectivity index (χ1n) is 8.63. The molecule has 6 heteroatoms. The summed E-state index contributed by atoms with van der Waals surface area (Å²) in [6, 6.07) is 13.4. The third-order valence-electron chi connectivity index (χ3n) is 4.19. The second-order valence-electron chi connectivity index (χ2n) is 6.03. The number of rotatable bonds is 7. The van der Waals surface area contributed by atoms with E-state index in [1.165, 1.54) is 0 Å². The first kappa shape index (κ1) is 18.9. The van der Waals surface area contributed by atoms with Crippen LogP contribution in [-0.2, 0) is 11.2 Å². The Bertz CT molecular complexity index is 919. The van der Waals surface area contributed by atoms with E-state index >= 15 is 0 Å². The SMILES string of the molecule is COc1cccc(CCC(=O)Nc2ccc(-c3csc(C)n3)cc2)c1OC. The normalized spacial score (nSPS) is 10.5. The van der Waals surface area contributed by atoms with Crippen LogP contribution in [0.2, 0.25) is 0 Å². The summed E-state index contributed by atoms with van der Waals surface area (Å²) in [6.07, 6.45) is 0.930. The number of benzene rings is 2. The lowest BCUT2D eigenvalue weighted by Gasteiger charge is -2.12. The van der Waals surface area contributed by atoms with Gasteiger partial charge in [-0.2, -0.15) is 0 Å². The standard InChI is InChI=1S/C21H22N2O3S/c1-14-22-18(13-27-14)15-7-10-17(11-8-15)23-20(24)12-9-16-5-4-6-19(25-2)21(16)26-3/h4-8,10-11,13H,9,12H2,1-3H3,(H,23,24). The molecule has 0 aliphatic carbocycles. The van der Waals surface area contributed by atoms with Gasteiger partial charge in [-0.15, -0.1) is 11.3 Å². The molecular weight excluding hydrogens is 360 g/mol. The minimum atomic E-state index is -0.0443. The molecule has 5 nitrogen and oxygen atoms in total. The van der Waals surface area contributed by atoms with Gasteiger partial charge in [0.25, 0.3) is 0 Å². The monoisotopic (exact) mass is 382 g/mol. The van der Waals surface area contributed by atoms with E-state index in [1.807, 2.05) is 54.8 Å². The average molecular weight is 382 g/mol. The quantitative estimate of drug-likeness (QED) is 0.643. The molecule has 2 aromatic carbocycles. The maximum atomic E-state index is 12.3. The summed E-state index contributed by atoms with van der Waals surface area (Å²) >= 11 is 1.62. The van der Waals surface area contributed by atoms with Crippen molar-refractivity contribution in [2.45, 2.75) is 19.8 Å². The molecule has 0 atom stereocenters. The lowest BCUT2D eigenvalue weighted by atomic mass is 10.1. The molecule has 3 aromatic rings. The fraction of sp³-hybridized carbons (Fsp3) is 0.238. The van der Waals surface area contributed by atoms with Crippen molar-refractivity contribution in [2.75, 3.05) is 19.5 Å². The summed E-state index contributed by atoms with van der Waals surface area (Å²) in [5, 5.41) is 6.00. The van der Waals surface area contributed by atoms with E-state index in [0.717, 1.165) is 27.5 Å². The molecule has 0 saturated heterocycles. The fourth-order valence-corrected chi connectivity index (χ4v) is 3.46. The van der Waals surface area contributed by atoms with Crippen LogP contribution in [0.25, 0.3) is 11.3 Å². The van der Waals surface area contributed by atoms with Crippen molar-refractivity contribution in [3.63, 3.8) is 0 Å². The molecule has 0 spiro atoms. The van der Waals surface area contributed by atoms with Gasteiger partial charge in [0.2, 0.25) is 5.91 Å². The van der Waals surface area contributed by atoms with Gasteiger partial charge in [0.05, 0.1) is 24.9 Å². The fourth-order valence-electron chi connectivity index (χ4n) is 2.84. The molecule has 1 aromatic heterocycles. The number of carbonyl (C=O) groups is 1. The maximum Gasteiger partial charge on any atom is 0.224 e. The average Bonchev–Trinajstić information content (AvgIpc) is 3.12. The number of anilines is 1. The number of amides is 1. The molecule has 140 valence electrons. The third-order valence-corrected chi connectivity index (χ3v) is 4.96. The number of nitrogens with zero attached hydrogens (tertiary/aromatic N) is 1. The number of hydrogen-bond acceptors (Lipinski definition) is 5. The highest BCUT2D eigenvalue weighted by molar-refractivity contribution is 7.09. The zero-order valence-corrected chi connectivity index (χ0v) is 16.4. The number of thiazole rings is 1. The number of nitrogens with one attached hydrogen (secondary N) is 1. The van der Waals surface area contributed by atoms with Gasteiger partial charge in [-0.05, 0) is 37.1 Å². The van der Waals surface area contributed by atoms with Crippen LogP contribution in [0, 0.1) is 6.92 Å². The number of carbonyl (C=O) groups excluding carboxylic acids is 1. The highest BCUT2D eigenvalue weighted by Crippen LogP contribution is 2.31. The summed E-state index contributed by atoms with van der Waals surface area (Å²) < 4.78 is 10.7. The Morgan fingerprint density at radius 3 is 2.52 bits per heavy atom. The summed E-state index contributed by atoms with van der Waals surface area (Å²) in [4.78, 5) is 16.8. The highest BCUT2D eigenvalue weighted by Gasteiger charge is 2.11. The van der Waals surface area contributed by atoms with Crippen molar-refractivity contribution >= 4 is 22.9 Å². The van der Waals surface area contributed by atoms with Gasteiger partial charge in [0.15, 0.2) is 11.5 Å². The Morgan fingerprint density at radius 2 is 1.89 bits per heavy atom. The smallest absolute Gasteiger partial charge is 0.224 e. The number of aromatic nitrogens is 1. The molecule has 1 heterocycles. The molecule has 0 fully saturated rings. The predicted molar refractivity (Wildman–Crippen MR) is 109 cm³/mol. The van der Waals surface area contributed by atoms with E-state index in [-0.39, 0.29) is 5.91 Å². The van der Waals surface area contributed by atoms with Crippen LogP contribution < -0.4 is 14.8 Å². The van der Waals surface area contributed by atoms with Gasteiger partial charge in [-0.3, -0.25) is 4.79 Å². The van der Waals surface area contributed by atoms with Crippen molar-refractivity contribution < 1.29 is 14.3 Å². The third kappa shape index (κ3) is 4.65. The van der Waals surface area contributed by atoms with Crippen LogP contribution >= 0.6 is 11.3 Å². The van der Waals surface area contributed by atoms with Gasteiger partial charge in [-0.1, -0.05) is 24.3 Å². The Labute approximate surface area is 163 Å². The van der Waals surface area contributed by atoms with Crippen LogP contribution in [0.15, 0.2) is 47.8 Å². The van der Waals surface area contributed by atoms with Crippen LogP contribution in [0.4, 0.5) is 5.69 Å². The second-order valence-corrected chi connectivity index (χ2v) is 7.09. The molecular formula is C21H22N2O3S. The van der Waals surface area contributed by atoms with Crippen LogP contribution in [0.3, 0.4) is 0 Å². The van der Waals surface area contributed by atoms with Crippen molar-refractivity contribution in [3.8, 4) is 22.8 Å². The van der Waals surface area contributed by atoms with Crippen molar-refractivity contribution in [2.24, 2.45) is 0 Å². The van der Waals surface area contributed by atoms with Crippen molar-refractivity contribution in [1.82, 2.24) is 4.98 Å². The molecule has 0 aliphatic rings. The highest BCUT2D eigenvalue weighted by atomic mass is 32.1. The second kappa shape index (κ2) is 8.68. The number of ether oxygens (including phenoxy) is 2. The Hall–Kier alpha value is -2.86. The topological polar surface area (TPSA) is 60.5 Å². The van der Waals surface area contributed by atoms with Gasteiger partial charge >= 0.3 is 0 Å². The Morgan fingerprint density at radius 1 is 1.11 bits per heavy atom. The lowest BCUT2D eigenvalue weighted by molar-refractivity contribution is -0.116. The largest absolute Gasteiger partial charge is 0.493 e. The number of aryl methyl sites for hydroxylation is 2. The van der Waals surface area contributed by atoms with E-state index in [2.05, 4.69) is 10.3 Å². The molecule has 0 aliphatic heterocycles. The summed E-state index contributed by atoms with van der Waals surface area (Å²) in [5.74, 6) is 1.30. The number of hydrogen-bond donors (Lipinski definition) is 1. The molecule has 0 radical (unpaired) electrons. The van der Waals surface area contributed by atoms with Crippen LogP contribution in [0.1, 0.15) is 17.0 Å². The predicted octanol–water partition coefficient (Wildman–Crippen LogP) is 4.71. The van der Waals surface area contributed by atoms with Gasteiger partial charge in [-0.25, -0.2) is 4.98 Å². The zero-order valence-electron chi connectivity index (χ0n) is 15.6. The number of methoxy groups -OCH3 is 2. The first-order valence-corrected chi connectivity index (χ1v) is 9.51. The van der Waals surface area contributed by atoms with Gasteiger partial charge in [0, 0.05) is 23.1 Å². The molecule has 27 heavy (non-hydrogen) atoms. The molecule has 0 unspecified atom stereocenters. The van der Waals surface area contributed by atoms with Gasteiger partial charge in [0.1, 0.15) is 0 Å². The first-order chi connectivity index (χ1) is 13.1. The zero-order chi connectivity index (χ0) is 19.2. The van der Waals surface area contributed by atoms with E-state index in [1.54, 1.807) is 25.6 Å². The molecule has 1 N–H and O–H groups in total.